The molecule has 0 aliphatic heterocycles. The van der Waals surface area contributed by atoms with E-state index in [0.717, 1.165) is 0 Å². The first-order valence-corrected chi connectivity index (χ1v) is 12.0. The minimum Gasteiger partial charge on any atom is -0.0881 e. The maximum atomic E-state index is 2.35. The minimum absolute atomic E-state index is 1.24. The summed E-state index contributed by atoms with van der Waals surface area (Å²) in [5.74, 6) is 0. The second-order valence-corrected chi connectivity index (χ2v) is 9.21. The molecule has 0 unspecified atom stereocenters. The highest BCUT2D eigenvalue weighted by Gasteiger charge is 2.18. The lowest BCUT2D eigenvalue weighted by molar-refractivity contribution is 1.47. The Morgan fingerprint density at radius 2 is 1.00 bits per heavy atom. The Labute approximate surface area is 198 Å². The Kier molecular flexibility index (Phi) is 5.18. The van der Waals surface area contributed by atoms with Gasteiger partial charge in [0.25, 0.3) is 0 Å². The Morgan fingerprint density at radius 3 is 1.76 bits per heavy atom. The van der Waals surface area contributed by atoms with Gasteiger partial charge in [0.05, 0.1) is 0 Å². The van der Waals surface area contributed by atoms with Crippen molar-refractivity contribution in [3.8, 4) is 22.3 Å². The SMILES string of the molecule is c1ccc(-c2cc3ccccc3c(Sc3cccc4ccccc34)c2-c2ccccc2)cc1. The van der Waals surface area contributed by atoms with E-state index in [2.05, 4.69) is 133 Å². The van der Waals surface area contributed by atoms with Gasteiger partial charge in [0, 0.05) is 15.4 Å². The minimum atomic E-state index is 1.24. The molecule has 0 saturated heterocycles. The summed E-state index contributed by atoms with van der Waals surface area (Å²) in [6, 6.07) is 47.9. The van der Waals surface area contributed by atoms with Gasteiger partial charge in [-0.25, -0.2) is 0 Å². The molecule has 0 heterocycles. The number of hydrogen-bond donors (Lipinski definition) is 0. The number of hydrogen-bond acceptors (Lipinski definition) is 1. The quantitative estimate of drug-likeness (QED) is 0.264. The molecular weight excluding hydrogens is 416 g/mol. The van der Waals surface area contributed by atoms with Crippen molar-refractivity contribution in [3.63, 3.8) is 0 Å². The van der Waals surface area contributed by atoms with Crippen LogP contribution in [0.4, 0.5) is 0 Å². The maximum Gasteiger partial charge on any atom is 0.0285 e. The largest absolute Gasteiger partial charge is 0.0881 e. The van der Waals surface area contributed by atoms with E-state index in [1.54, 1.807) is 0 Å². The summed E-state index contributed by atoms with van der Waals surface area (Å²) in [6.07, 6.45) is 0. The molecule has 0 saturated carbocycles. The average molecular weight is 439 g/mol. The van der Waals surface area contributed by atoms with E-state index in [0.29, 0.717) is 0 Å². The van der Waals surface area contributed by atoms with E-state index in [9.17, 15) is 0 Å². The van der Waals surface area contributed by atoms with Gasteiger partial charge < -0.3 is 0 Å². The molecule has 156 valence electrons. The van der Waals surface area contributed by atoms with E-state index in [1.165, 1.54) is 53.6 Å². The lowest BCUT2D eigenvalue weighted by Gasteiger charge is -2.19. The Bertz CT molecular complexity index is 1560. The first-order chi connectivity index (χ1) is 16.4. The molecule has 0 aliphatic carbocycles. The van der Waals surface area contributed by atoms with Crippen LogP contribution in [0, 0.1) is 0 Å². The molecule has 0 nitrogen and oxygen atoms in total. The third-order valence-electron chi connectivity index (χ3n) is 6.11. The molecular formula is C32H22S. The molecule has 0 N–H and O–H groups in total. The predicted molar refractivity (Wildman–Crippen MR) is 143 cm³/mol. The van der Waals surface area contributed by atoms with Gasteiger partial charge in [-0.1, -0.05) is 133 Å². The summed E-state index contributed by atoms with van der Waals surface area (Å²) in [7, 11) is 0. The third kappa shape index (κ3) is 3.71. The molecule has 0 aromatic heterocycles. The zero-order chi connectivity index (χ0) is 22.0. The molecule has 6 aromatic rings. The van der Waals surface area contributed by atoms with Crippen molar-refractivity contribution in [1.29, 1.82) is 0 Å². The number of rotatable bonds is 4. The topological polar surface area (TPSA) is 0 Å². The van der Waals surface area contributed by atoms with Crippen LogP contribution in [0.2, 0.25) is 0 Å². The fourth-order valence-corrected chi connectivity index (χ4v) is 5.84. The molecule has 0 atom stereocenters. The van der Waals surface area contributed by atoms with Gasteiger partial charge in [-0.05, 0) is 50.4 Å². The van der Waals surface area contributed by atoms with Gasteiger partial charge in [0.15, 0.2) is 0 Å². The normalized spacial score (nSPS) is 11.2. The highest BCUT2D eigenvalue weighted by Crippen LogP contribution is 2.47. The first-order valence-electron chi connectivity index (χ1n) is 11.2. The van der Waals surface area contributed by atoms with Crippen LogP contribution in [0.1, 0.15) is 0 Å². The second kappa shape index (κ2) is 8.61. The van der Waals surface area contributed by atoms with Gasteiger partial charge >= 0.3 is 0 Å². The highest BCUT2D eigenvalue weighted by molar-refractivity contribution is 8.00. The van der Waals surface area contributed by atoms with Crippen LogP contribution in [-0.2, 0) is 0 Å². The average Bonchev–Trinajstić information content (AvgIpc) is 2.89. The van der Waals surface area contributed by atoms with Crippen LogP contribution in [0.15, 0.2) is 143 Å². The first kappa shape index (κ1) is 19.8. The van der Waals surface area contributed by atoms with Crippen LogP contribution in [0.25, 0.3) is 43.8 Å². The van der Waals surface area contributed by atoms with E-state index < -0.39 is 0 Å². The fraction of sp³-hybridized carbons (Fsp3) is 0. The lowest BCUT2D eigenvalue weighted by Crippen LogP contribution is -1.92. The van der Waals surface area contributed by atoms with E-state index >= 15 is 0 Å². The molecule has 1 heteroatoms. The van der Waals surface area contributed by atoms with Crippen LogP contribution in [0.5, 0.6) is 0 Å². The summed E-state index contributed by atoms with van der Waals surface area (Å²) < 4.78 is 0. The molecule has 0 spiro atoms. The predicted octanol–water partition coefficient (Wildman–Crippen LogP) is 9.48. The monoisotopic (exact) mass is 438 g/mol. The Hall–Kier alpha value is -3.81. The van der Waals surface area contributed by atoms with Crippen LogP contribution < -0.4 is 0 Å². The molecule has 6 rings (SSSR count). The summed E-state index contributed by atoms with van der Waals surface area (Å²) in [6.45, 7) is 0. The van der Waals surface area contributed by atoms with E-state index in [1.807, 2.05) is 11.8 Å². The smallest absolute Gasteiger partial charge is 0.0285 e. The van der Waals surface area contributed by atoms with Crippen molar-refractivity contribution in [2.75, 3.05) is 0 Å². The Morgan fingerprint density at radius 1 is 0.424 bits per heavy atom. The fourth-order valence-electron chi connectivity index (χ4n) is 4.55. The lowest BCUT2D eigenvalue weighted by atomic mass is 9.91. The summed E-state index contributed by atoms with van der Waals surface area (Å²) >= 11 is 1.88. The summed E-state index contributed by atoms with van der Waals surface area (Å²) in [5.41, 5.74) is 5.04. The van der Waals surface area contributed by atoms with Crippen LogP contribution in [0.3, 0.4) is 0 Å². The van der Waals surface area contributed by atoms with E-state index in [-0.39, 0.29) is 0 Å². The summed E-state index contributed by atoms with van der Waals surface area (Å²) in [5, 5.41) is 5.11. The molecule has 6 aromatic carbocycles. The zero-order valence-corrected chi connectivity index (χ0v) is 18.9. The van der Waals surface area contributed by atoms with Gasteiger partial charge in [-0.15, -0.1) is 0 Å². The third-order valence-corrected chi connectivity index (χ3v) is 7.31. The molecule has 33 heavy (non-hydrogen) atoms. The number of fused-ring (bicyclic) bond motifs is 2. The zero-order valence-electron chi connectivity index (χ0n) is 18.1. The maximum absolute atomic E-state index is 2.35. The van der Waals surface area contributed by atoms with Crippen molar-refractivity contribution < 1.29 is 0 Å². The van der Waals surface area contributed by atoms with Gasteiger partial charge in [0.2, 0.25) is 0 Å². The van der Waals surface area contributed by atoms with Crippen LogP contribution in [-0.4, -0.2) is 0 Å². The highest BCUT2D eigenvalue weighted by atomic mass is 32.2. The molecule has 0 amide bonds. The standard InChI is InChI=1S/C32H22S/c1-3-12-24(13-4-1)29-22-26-17-8-10-20-28(26)32(31(29)25-15-5-2-6-16-25)33-30-21-11-18-23-14-7-9-19-27(23)30/h1-22H. The van der Waals surface area contributed by atoms with Crippen molar-refractivity contribution in [2.24, 2.45) is 0 Å². The van der Waals surface area contributed by atoms with Crippen molar-refractivity contribution in [1.82, 2.24) is 0 Å². The molecule has 0 fully saturated rings. The molecule has 0 bridgehead atoms. The van der Waals surface area contributed by atoms with Crippen molar-refractivity contribution in [3.05, 3.63) is 133 Å². The summed E-state index contributed by atoms with van der Waals surface area (Å²) in [4.78, 5) is 2.58. The van der Waals surface area contributed by atoms with E-state index in [4.69, 9.17) is 0 Å². The van der Waals surface area contributed by atoms with Gasteiger partial charge in [-0.3, -0.25) is 0 Å². The molecule has 0 aliphatic rings. The van der Waals surface area contributed by atoms with Crippen LogP contribution >= 0.6 is 11.8 Å². The van der Waals surface area contributed by atoms with Gasteiger partial charge in [-0.2, -0.15) is 0 Å². The van der Waals surface area contributed by atoms with Crippen molar-refractivity contribution in [2.45, 2.75) is 9.79 Å². The van der Waals surface area contributed by atoms with Crippen molar-refractivity contribution >= 4 is 33.3 Å². The second-order valence-electron chi connectivity index (χ2n) is 8.16. The Balaban J connectivity index is 1.69. The number of benzene rings is 6. The molecule has 0 radical (unpaired) electrons. The van der Waals surface area contributed by atoms with Gasteiger partial charge in [0.1, 0.15) is 0 Å².